The van der Waals surface area contributed by atoms with Crippen LogP contribution in [-0.2, 0) is 17.7 Å². The Kier molecular flexibility index (Phi) is 5.00. The average molecular weight is 248 g/mol. The van der Waals surface area contributed by atoms with Crippen LogP contribution in [0.5, 0.6) is 0 Å². The highest BCUT2D eigenvalue weighted by molar-refractivity contribution is 9.09. The molecule has 0 aromatic carbocycles. The second kappa shape index (κ2) is 6.10. The molecule has 1 aromatic heterocycles. The largest absolute Gasteiger partial charge is 0.385 e. The molecular weight excluding hydrogens is 234 g/mol. The number of nitrogens with zero attached hydrogens (tertiary/aromatic N) is 3. The van der Waals surface area contributed by atoms with Gasteiger partial charge in [0, 0.05) is 38.2 Å². The molecule has 0 amide bonds. The van der Waals surface area contributed by atoms with E-state index in [1.165, 1.54) is 0 Å². The van der Waals surface area contributed by atoms with Crippen LogP contribution < -0.4 is 0 Å². The molecule has 0 saturated carbocycles. The van der Waals surface area contributed by atoms with E-state index in [1.807, 2.05) is 10.9 Å². The van der Waals surface area contributed by atoms with Gasteiger partial charge in [0.25, 0.3) is 0 Å². The molecule has 1 heterocycles. The summed E-state index contributed by atoms with van der Waals surface area (Å²) in [5.41, 5.74) is 1.04. The van der Waals surface area contributed by atoms with Gasteiger partial charge < -0.3 is 4.74 Å². The van der Waals surface area contributed by atoms with E-state index in [1.54, 1.807) is 7.11 Å². The molecule has 0 saturated heterocycles. The van der Waals surface area contributed by atoms with Gasteiger partial charge in [0.05, 0.1) is 5.69 Å². The van der Waals surface area contributed by atoms with Crippen LogP contribution in [-0.4, -0.2) is 34.0 Å². The number of aromatic nitrogens is 3. The third-order valence-electron chi connectivity index (χ3n) is 1.67. The van der Waals surface area contributed by atoms with Gasteiger partial charge in [0.1, 0.15) is 0 Å². The summed E-state index contributed by atoms with van der Waals surface area (Å²) in [5, 5.41) is 8.96. The lowest BCUT2D eigenvalue weighted by molar-refractivity contribution is 0.188. The Bertz CT molecular complexity index is 239. The Morgan fingerprint density at radius 3 is 3.15 bits per heavy atom. The molecule has 1 rings (SSSR count). The van der Waals surface area contributed by atoms with E-state index in [0.29, 0.717) is 0 Å². The fourth-order valence-corrected chi connectivity index (χ4v) is 1.44. The van der Waals surface area contributed by atoms with Crippen LogP contribution in [0.2, 0.25) is 0 Å². The maximum Gasteiger partial charge on any atom is 0.0835 e. The number of methoxy groups -OCH3 is 1. The lowest BCUT2D eigenvalue weighted by Crippen LogP contribution is -2.01. The molecule has 0 radical (unpaired) electrons. The van der Waals surface area contributed by atoms with Crippen LogP contribution in [0, 0.1) is 0 Å². The molecule has 0 aliphatic heterocycles. The van der Waals surface area contributed by atoms with Gasteiger partial charge in [-0.25, -0.2) is 0 Å². The van der Waals surface area contributed by atoms with Crippen molar-refractivity contribution in [1.82, 2.24) is 15.0 Å². The van der Waals surface area contributed by atoms with Gasteiger partial charge >= 0.3 is 0 Å². The van der Waals surface area contributed by atoms with E-state index in [2.05, 4.69) is 26.2 Å². The number of rotatable bonds is 6. The first-order chi connectivity index (χ1) is 6.36. The highest BCUT2D eigenvalue weighted by atomic mass is 79.9. The molecule has 4 nitrogen and oxygen atoms in total. The van der Waals surface area contributed by atoms with Crippen LogP contribution in [0.3, 0.4) is 0 Å². The van der Waals surface area contributed by atoms with E-state index in [0.717, 1.165) is 37.0 Å². The molecular formula is C8H14BrN3O. The summed E-state index contributed by atoms with van der Waals surface area (Å²) in [4.78, 5) is 0. The van der Waals surface area contributed by atoms with Crippen molar-refractivity contribution in [3.8, 4) is 0 Å². The predicted octanol–water partition coefficient (Wildman–Crippen LogP) is 1.25. The van der Waals surface area contributed by atoms with Crippen molar-refractivity contribution in [3.05, 3.63) is 11.9 Å². The SMILES string of the molecule is COCCCn1cc(CCBr)nn1. The maximum atomic E-state index is 4.95. The molecule has 0 fully saturated rings. The van der Waals surface area contributed by atoms with Crippen molar-refractivity contribution in [1.29, 1.82) is 0 Å². The fraction of sp³-hybridized carbons (Fsp3) is 0.750. The number of hydrogen-bond acceptors (Lipinski definition) is 3. The van der Waals surface area contributed by atoms with E-state index >= 15 is 0 Å². The minimum Gasteiger partial charge on any atom is -0.385 e. The minimum absolute atomic E-state index is 0.771. The van der Waals surface area contributed by atoms with Crippen LogP contribution >= 0.6 is 15.9 Å². The third-order valence-corrected chi connectivity index (χ3v) is 2.07. The molecule has 5 heteroatoms. The zero-order chi connectivity index (χ0) is 9.52. The second-order valence-electron chi connectivity index (χ2n) is 2.76. The highest BCUT2D eigenvalue weighted by Gasteiger charge is 1.98. The summed E-state index contributed by atoms with van der Waals surface area (Å²) >= 11 is 3.36. The Hall–Kier alpha value is -0.420. The zero-order valence-corrected chi connectivity index (χ0v) is 9.33. The highest BCUT2D eigenvalue weighted by Crippen LogP contribution is 1.98. The van der Waals surface area contributed by atoms with Crippen LogP contribution in [0.25, 0.3) is 0 Å². The molecule has 74 valence electrons. The summed E-state index contributed by atoms with van der Waals surface area (Å²) in [6.07, 6.45) is 3.90. The average Bonchev–Trinajstić information content (AvgIpc) is 2.54. The minimum atomic E-state index is 0.771. The van der Waals surface area contributed by atoms with Crippen molar-refractivity contribution in [2.24, 2.45) is 0 Å². The summed E-state index contributed by atoms with van der Waals surface area (Å²) in [7, 11) is 1.71. The first-order valence-corrected chi connectivity index (χ1v) is 5.43. The van der Waals surface area contributed by atoms with E-state index < -0.39 is 0 Å². The van der Waals surface area contributed by atoms with Gasteiger partial charge in [0.15, 0.2) is 0 Å². The van der Waals surface area contributed by atoms with Gasteiger partial charge in [-0.1, -0.05) is 21.1 Å². The number of halogens is 1. The number of alkyl halides is 1. The lowest BCUT2D eigenvalue weighted by Gasteiger charge is -1.97. The lowest BCUT2D eigenvalue weighted by atomic mass is 10.4. The van der Waals surface area contributed by atoms with Crippen LogP contribution in [0.4, 0.5) is 0 Å². The van der Waals surface area contributed by atoms with Gasteiger partial charge in [-0.15, -0.1) is 5.10 Å². The second-order valence-corrected chi connectivity index (χ2v) is 3.55. The molecule has 0 atom stereocenters. The smallest absolute Gasteiger partial charge is 0.0835 e. The van der Waals surface area contributed by atoms with Crippen molar-refractivity contribution >= 4 is 15.9 Å². The number of ether oxygens (including phenoxy) is 1. The van der Waals surface area contributed by atoms with Gasteiger partial charge in [0.2, 0.25) is 0 Å². The standard InChI is InChI=1S/C8H14BrN3O/c1-13-6-2-5-12-7-8(3-4-9)10-11-12/h7H,2-6H2,1H3. The third kappa shape index (κ3) is 3.87. The van der Waals surface area contributed by atoms with Crippen molar-refractivity contribution in [2.45, 2.75) is 19.4 Å². The molecule has 0 aliphatic rings. The first kappa shape index (κ1) is 10.7. The van der Waals surface area contributed by atoms with Gasteiger partial charge in [-0.2, -0.15) is 0 Å². The molecule has 0 aliphatic carbocycles. The van der Waals surface area contributed by atoms with Gasteiger partial charge in [-0.05, 0) is 6.42 Å². The maximum absolute atomic E-state index is 4.95. The van der Waals surface area contributed by atoms with Crippen LogP contribution in [0.15, 0.2) is 6.20 Å². The van der Waals surface area contributed by atoms with E-state index in [9.17, 15) is 0 Å². The summed E-state index contributed by atoms with van der Waals surface area (Å²) in [6, 6.07) is 0. The predicted molar refractivity (Wildman–Crippen MR) is 54.0 cm³/mol. The quantitative estimate of drug-likeness (QED) is 0.562. The molecule has 1 aromatic rings. The number of aryl methyl sites for hydroxylation is 2. The summed E-state index contributed by atoms with van der Waals surface area (Å²) < 4.78 is 6.81. The summed E-state index contributed by atoms with van der Waals surface area (Å²) in [5.74, 6) is 0. The van der Waals surface area contributed by atoms with Crippen LogP contribution in [0.1, 0.15) is 12.1 Å². The Morgan fingerprint density at radius 2 is 2.46 bits per heavy atom. The number of hydrogen-bond donors (Lipinski definition) is 0. The first-order valence-electron chi connectivity index (χ1n) is 4.30. The monoisotopic (exact) mass is 247 g/mol. The molecule has 0 unspecified atom stereocenters. The molecule has 13 heavy (non-hydrogen) atoms. The molecule has 0 N–H and O–H groups in total. The Morgan fingerprint density at radius 1 is 1.62 bits per heavy atom. The summed E-state index contributed by atoms with van der Waals surface area (Å²) in [6.45, 7) is 1.65. The van der Waals surface area contributed by atoms with Gasteiger partial charge in [-0.3, -0.25) is 4.68 Å². The van der Waals surface area contributed by atoms with Crippen molar-refractivity contribution < 1.29 is 4.74 Å². The zero-order valence-electron chi connectivity index (χ0n) is 7.74. The molecule has 0 bridgehead atoms. The molecule has 0 spiro atoms. The topological polar surface area (TPSA) is 39.9 Å². The normalized spacial score (nSPS) is 10.6. The van der Waals surface area contributed by atoms with E-state index in [4.69, 9.17) is 4.74 Å². The Balaban J connectivity index is 2.31. The van der Waals surface area contributed by atoms with Crippen molar-refractivity contribution in [2.75, 3.05) is 19.0 Å². The van der Waals surface area contributed by atoms with Crippen molar-refractivity contribution in [3.63, 3.8) is 0 Å². The van der Waals surface area contributed by atoms with E-state index in [-0.39, 0.29) is 0 Å². The fourth-order valence-electron chi connectivity index (χ4n) is 1.03. The Labute approximate surface area is 86.4 Å².